The van der Waals surface area contributed by atoms with Gasteiger partial charge in [-0.2, -0.15) is 0 Å². The van der Waals surface area contributed by atoms with E-state index >= 15 is 0 Å². The van der Waals surface area contributed by atoms with Crippen LogP contribution in [0, 0.1) is 0 Å². The number of hydrogen-bond donors (Lipinski definition) is 0. The van der Waals surface area contributed by atoms with E-state index < -0.39 is 0 Å². The van der Waals surface area contributed by atoms with Crippen molar-refractivity contribution in [2.24, 2.45) is 0 Å². The van der Waals surface area contributed by atoms with Crippen LogP contribution in [0.3, 0.4) is 0 Å². The quantitative estimate of drug-likeness (QED) is 0.399. The predicted octanol–water partition coefficient (Wildman–Crippen LogP) is 4.80. The molecule has 0 N–H and O–H groups in total. The molecule has 0 saturated carbocycles. The van der Waals surface area contributed by atoms with Crippen LogP contribution in [0.4, 0.5) is 0 Å². The summed E-state index contributed by atoms with van der Waals surface area (Å²) in [6.07, 6.45) is 8.01. The summed E-state index contributed by atoms with van der Waals surface area (Å²) in [6, 6.07) is 0. The van der Waals surface area contributed by atoms with Gasteiger partial charge in [0.25, 0.3) is 0 Å². The third kappa shape index (κ3) is 5.98. The van der Waals surface area contributed by atoms with Gasteiger partial charge < -0.3 is 4.52 Å². The molecule has 2 atom stereocenters. The Morgan fingerprint density at radius 1 is 1.07 bits per heavy atom. The third-order valence-corrected chi connectivity index (χ3v) is 5.28. The summed E-state index contributed by atoms with van der Waals surface area (Å²) in [6.45, 7) is 9.85. The van der Waals surface area contributed by atoms with Crippen molar-refractivity contribution >= 4 is 8.15 Å². The maximum Gasteiger partial charge on any atom is 0.0480 e. The summed E-state index contributed by atoms with van der Waals surface area (Å²) in [7, 11) is -0.139. The summed E-state index contributed by atoms with van der Waals surface area (Å²) >= 11 is 0. The molecule has 2 heteroatoms. The second-order valence-electron chi connectivity index (χ2n) is 3.71. The molecule has 0 heterocycles. The monoisotopic (exact) mass is 218 g/mol. The maximum absolute atomic E-state index is 5.84. The molecule has 0 spiro atoms. The van der Waals surface area contributed by atoms with Gasteiger partial charge in [0.1, 0.15) is 0 Å². The lowest BCUT2D eigenvalue weighted by atomic mass is 10.1. The first-order chi connectivity index (χ1) is 6.79. The minimum Gasteiger partial charge on any atom is -0.359 e. The molecule has 14 heavy (non-hydrogen) atoms. The van der Waals surface area contributed by atoms with Gasteiger partial charge in [0.15, 0.2) is 0 Å². The zero-order chi connectivity index (χ0) is 10.8. The van der Waals surface area contributed by atoms with Crippen LogP contribution >= 0.6 is 8.15 Å². The Morgan fingerprint density at radius 2 is 1.79 bits per heavy atom. The lowest BCUT2D eigenvalue weighted by molar-refractivity contribution is 0.368. The lowest BCUT2D eigenvalue weighted by Gasteiger charge is -2.24. The Bertz CT molecular complexity index is 117. The van der Waals surface area contributed by atoms with E-state index in [1.165, 1.54) is 38.3 Å². The van der Waals surface area contributed by atoms with Gasteiger partial charge in [0.05, 0.1) is 0 Å². The fraction of sp³-hybridized carbons (Fsp3) is 1.00. The van der Waals surface area contributed by atoms with E-state index in [9.17, 15) is 0 Å². The fourth-order valence-corrected chi connectivity index (χ4v) is 3.92. The predicted molar refractivity (Wildman–Crippen MR) is 67.3 cm³/mol. The van der Waals surface area contributed by atoms with Gasteiger partial charge >= 0.3 is 0 Å². The topological polar surface area (TPSA) is 9.23 Å². The Labute approximate surface area is 91.5 Å². The molecule has 0 radical (unpaired) electrons. The highest BCUT2D eigenvalue weighted by Gasteiger charge is 2.17. The van der Waals surface area contributed by atoms with E-state index in [2.05, 4.69) is 27.7 Å². The highest BCUT2D eigenvalue weighted by molar-refractivity contribution is 7.53. The van der Waals surface area contributed by atoms with Crippen molar-refractivity contribution in [3.63, 3.8) is 0 Å². The van der Waals surface area contributed by atoms with Gasteiger partial charge in [-0.25, -0.2) is 0 Å². The van der Waals surface area contributed by atoms with E-state index in [-0.39, 0.29) is 8.15 Å². The Morgan fingerprint density at radius 3 is 2.21 bits per heavy atom. The zero-order valence-corrected chi connectivity index (χ0v) is 11.3. The first-order valence-electron chi connectivity index (χ1n) is 6.19. The molecule has 0 amide bonds. The van der Waals surface area contributed by atoms with Crippen molar-refractivity contribution in [3.8, 4) is 0 Å². The largest absolute Gasteiger partial charge is 0.359 e. The number of rotatable bonds is 9. The summed E-state index contributed by atoms with van der Waals surface area (Å²) in [4.78, 5) is 0. The van der Waals surface area contributed by atoms with Crippen LogP contribution in [0.5, 0.6) is 0 Å². The average molecular weight is 218 g/mol. The van der Waals surface area contributed by atoms with Crippen molar-refractivity contribution in [3.05, 3.63) is 0 Å². The SMILES string of the molecule is CCCCCC(CC)P(CC)OCC. The van der Waals surface area contributed by atoms with E-state index in [1.54, 1.807) is 0 Å². The number of unbranched alkanes of at least 4 members (excludes halogenated alkanes) is 2. The van der Waals surface area contributed by atoms with Crippen molar-refractivity contribution in [1.29, 1.82) is 0 Å². The maximum atomic E-state index is 5.84. The highest BCUT2D eigenvalue weighted by atomic mass is 31.1. The van der Waals surface area contributed by atoms with Gasteiger partial charge in [-0.15, -0.1) is 0 Å². The van der Waals surface area contributed by atoms with E-state index in [4.69, 9.17) is 4.52 Å². The first kappa shape index (κ1) is 14.4. The standard InChI is InChI=1S/C12H27OP/c1-5-9-10-11-12(6-2)14(8-4)13-7-3/h12H,5-11H2,1-4H3. The van der Waals surface area contributed by atoms with Crippen LogP contribution in [0.25, 0.3) is 0 Å². The molecular weight excluding hydrogens is 191 g/mol. The van der Waals surface area contributed by atoms with E-state index in [0.717, 1.165) is 12.3 Å². The molecule has 0 bridgehead atoms. The van der Waals surface area contributed by atoms with Gasteiger partial charge in [0, 0.05) is 20.4 Å². The summed E-state index contributed by atoms with van der Waals surface area (Å²) in [5, 5.41) is 0. The molecule has 0 aliphatic carbocycles. The van der Waals surface area contributed by atoms with E-state index in [1.807, 2.05) is 0 Å². The molecular formula is C12H27OP. The molecule has 0 aromatic heterocycles. The highest BCUT2D eigenvalue weighted by Crippen LogP contribution is 2.45. The second kappa shape index (κ2) is 9.93. The first-order valence-corrected chi connectivity index (χ1v) is 7.70. The molecule has 1 nitrogen and oxygen atoms in total. The van der Waals surface area contributed by atoms with Crippen molar-refractivity contribution < 1.29 is 4.52 Å². The summed E-state index contributed by atoms with van der Waals surface area (Å²) in [5.74, 6) is 0. The minimum atomic E-state index is -0.139. The molecule has 0 saturated heterocycles. The van der Waals surface area contributed by atoms with Crippen LogP contribution in [0.15, 0.2) is 0 Å². The van der Waals surface area contributed by atoms with Crippen LogP contribution in [0.2, 0.25) is 0 Å². The summed E-state index contributed by atoms with van der Waals surface area (Å²) < 4.78 is 5.84. The Kier molecular flexibility index (Phi) is 10.2. The third-order valence-electron chi connectivity index (χ3n) is 2.63. The minimum absolute atomic E-state index is 0.139. The molecule has 0 aromatic carbocycles. The van der Waals surface area contributed by atoms with Crippen LogP contribution < -0.4 is 0 Å². The second-order valence-corrected chi connectivity index (χ2v) is 6.16. The Hall–Kier alpha value is 0.390. The van der Waals surface area contributed by atoms with E-state index in [0.29, 0.717) is 0 Å². The van der Waals surface area contributed by atoms with Crippen LogP contribution in [-0.2, 0) is 4.52 Å². The Balaban J connectivity index is 3.81. The molecule has 0 fully saturated rings. The molecule has 0 rings (SSSR count). The zero-order valence-electron chi connectivity index (χ0n) is 10.4. The van der Waals surface area contributed by atoms with Gasteiger partial charge in [-0.3, -0.25) is 0 Å². The number of hydrogen-bond acceptors (Lipinski definition) is 1. The normalized spacial score (nSPS) is 15.4. The van der Waals surface area contributed by atoms with Crippen molar-refractivity contribution in [2.75, 3.05) is 12.8 Å². The van der Waals surface area contributed by atoms with Gasteiger partial charge in [-0.05, 0) is 25.9 Å². The van der Waals surface area contributed by atoms with Gasteiger partial charge in [-0.1, -0.05) is 40.0 Å². The molecule has 2 unspecified atom stereocenters. The van der Waals surface area contributed by atoms with Crippen molar-refractivity contribution in [1.82, 2.24) is 0 Å². The molecule has 0 aliphatic rings. The average Bonchev–Trinajstić information content (AvgIpc) is 2.22. The van der Waals surface area contributed by atoms with Crippen molar-refractivity contribution in [2.45, 2.75) is 65.5 Å². The summed E-state index contributed by atoms with van der Waals surface area (Å²) in [5.41, 5.74) is 0.849. The molecule has 0 aromatic rings. The lowest BCUT2D eigenvalue weighted by Crippen LogP contribution is -2.07. The smallest absolute Gasteiger partial charge is 0.0480 e. The van der Waals surface area contributed by atoms with Gasteiger partial charge in [0.2, 0.25) is 0 Å². The van der Waals surface area contributed by atoms with Crippen LogP contribution in [-0.4, -0.2) is 18.4 Å². The van der Waals surface area contributed by atoms with Crippen LogP contribution in [0.1, 0.15) is 59.8 Å². The molecule has 0 aliphatic heterocycles. The molecule has 86 valence electrons. The fourth-order valence-electron chi connectivity index (χ4n) is 1.80.